The first-order valence-corrected chi connectivity index (χ1v) is 5.18. The van der Waals surface area contributed by atoms with Crippen LogP contribution in [0.4, 0.5) is 0 Å². The Morgan fingerprint density at radius 2 is 2.44 bits per heavy atom. The number of thiocarbonyl (C=S) groups is 1. The van der Waals surface area contributed by atoms with Gasteiger partial charge < -0.3 is 10.8 Å². The third kappa shape index (κ3) is 4.33. The fourth-order valence-corrected chi connectivity index (χ4v) is 1.20. The molecule has 0 bridgehead atoms. The maximum atomic E-state index is 9.82. The molecular weight excluding hydrogens is 224 g/mol. The van der Waals surface area contributed by atoms with Gasteiger partial charge in [-0.3, -0.25) is 10.4 Å². The molecule has 0 spiro atoms. The van der Waals surface area contributed by atoms with Gasteiger partial charge in [-0.05, 0) is 31.3 Å². The summed E-state index contributed by atoms with van der Waals surface area (Å²) < 4.78 is 0. The van der Waals surface area contributed by atoms with Gasteiger partial charge in [-0.1, -0.05) is 6.07 Å². The number of nitrogens with two attached hydrogens (primary N) is 1. The Morgan fingerprint density at radius 1 is 1.69 bits per heavy atom. The quantitative estimate of drug-likeness (QED) is 0.409. The second-order valence-electron chi connectivity index (χ2n) is 3.30. The molecule has 0 aliphatic heterocycles. The SMILES string of the molecule is C/C(CC(O)c1ccccn1)=N\NC(N)=S. The Morgan fingerprint density at radius 3 is 3.00 bits per heavy atom. The minimum atomic E-state index is -0.668. The minimum absolute atomic E-state index is 0.103. The van der Waals surface area contributed by atoms with Crippen LogP contribution in [0, 0.1) is 0 Å². The van der Waals surface area contributed by atoms with Crippen molar-refractivity contribution in [1.82, 2.24) is 10.4 Å². The van der Waals surface area contributed by atoms with Crippen molar-refractivity contribution in [2.45, 2.75) is 19.4 Å². The summed E-state index contributed by atoms with van der Waals surface area (Å²) in [6.07, 6.45) is 1.35. The molecule has 1 heterocycles. The van der Waals surface area contributed by atoms with Gasteiger partial charge in [-0.25, -0.2) is 0 Å². The van der Waals surface area contributed by atoms with Gasteiger partial charge in [0, 0.05) is 18.3 Å². The predicted octanol–water partition coefficient (Wildman–Crippen LogP) is 0.714. The third-order valence-electron chi connectivity index (χ3n) is 1.87. The molecule has 1 unspecified atom stereocenters. The Kier molecular flexibility index (Phi) is 4.81. The lowest BCUT2D eigenvalue weighted by atomic mass is 10.1. The highest BCUT2D eigenvalue weighted by molar-refractivity contribution is 7.80. The zero-order chi connectivity index (χ0) is 12.0. The molecule has 0 saturated carbocycles. The molecule has 5 nitrogen and oxygen atoms in total. The van der Waals surface area contributed by atoms with Crippen molar-refractivity contribution in [2.75, 3.05) is 0 Å². The van der Waals surface area contributed by atoms with Crippen LogP contribution in [-0.2, 0) is 0 Å². The van der Waals surface area contributed by atoms with Gasteiger partial charge in [0.2, 0.25) is 0 Å². The highest BCUT2D eigenvalue weighted by atomic mass is 32.1. The van der Waals surface area contributed by atoms with Gasteiger partial charge >= 0.3 is 0 Å². The minimum Gasteiger partial charge on any atom is -0.386 e. The van der Waals surface area contributed by atoms with Crippen molar-refractivity contribution in [1.29, 1.82) is 0 Å². The van der Waals surface area contributed by atoms with Crippen LogP contribution in [0.25, 0.3) is 0 Å². The Hall–Kier alpha value is -1.53. The van der Waals surface area contributed by atoms with E-state index in [9.17, 15) is 5.11 Å². The molecule has 4 N–H and O–H groups in total. The van der Waals surface area contributed by atoms with Crippen LogP contribution in [0.3, 0.4) is 0 Å². The smallest absolute Gasteiger partial charge is 0.184 e. The van der Waals surface area contributed by atoms with Crippen LogP contribution in [0.1, 0.15) is 25.1 Å². The van der Waals surface area contributed by atoms with E-state index < -0.39 is 6.10 Å². The maximum Gasteiger partial charge on any atom is 0.184 e. The van der Waals surface area contributed by atoms with Gasteiger partial charge in [0.15, 0.2) is 5.11 Å². The number of hydrogen-bond donors (Lipinski definition) is 3. The standard InChI is InChI=1S/C10H14N4OS/c1-7(13-14-10(11)16)6-9(15)8-4-2-3-5-12-8/h2-5,9,15H,6H2,1H3,(H3,11,14,16)/b13-7+. The molecular formula is C10H14N4OS. The molecule has 1 aromatic rings. The molecule has 0 radical (unpaired) electrons. The van der Waals surface area contributed by atoms with Crippen molar-refractivity contribution in [3.05, 3.63) is 30.1 Å². The molecule has 0 fully saturated rings. The van der Waals surface area contributed by atoms with E-state index in [-0.39, 0.29) is 5.11 Å². The van der Waals surface area contributed by atoms with Gasteiger partial charge in [0.05, 0.1) is 5.69 Å². The number of nitrogens with zero attached hydrogens (tertiary/aromatic N) is 2. The second kappa shape index (κ2) is 6.14. The monoisotopic (exact) mass is 238 g/mol. The number of pyridine rings is 1. The number of aromatic nitrogens is 1. The summed E-state index contributed by atoms with van der Waals surface area (Å²) in [5.41, 5.74) is 9.01. The summed E-state index contributed by atoms with van der Waals surface area (Å²) in [5, 5.41) is 13.8. The summed E-state index contributed by atoms with van der Waals surface area (Å²) in [7, 11) is 0. The van der Waals surface area contributed by atoms with E-state index in [0.717, 1.165) is 0 Å². The molecule has 0 aliphatic carbocycles. The Balaban J connectivity index is 2.54. The summed E-state index contributed by atoms with van der Waals surface area (Å²) in [6.45, 7) is 1.78. The molecule has 86 valence electrons. The molecule has 1 atom stereocenters. The van der Waals surface area contributed by atoms with Crippen molar-refractivity contribution >= 4 is 23.0 Å². The number of nitrogens with one attached hydrogen (secondary N) is 1. The van der Waals surface area contributed by atoms with E-state index in [0.29, 0.717) is 17.8 Å². The van der Waals surface area contributed by atoms with E-state index in [1.54, 1.807) is 25.3 Å². The van der Waals surface area contributed by atoms with Crippen LogP contribution in [0.15, 0.2) is 29.5 Å². The lowest BCUT2D eigenvalue weighted by Crippen LogP contribution is -2.25. The molecule has 0 saturated heterocycles. The molecule has 0 aliphatic rings. The molecule has 6 heteroatoms. The lowest BCUT2D eigenvalue weighted by Gasteiger charge is -2.09. The number of aliphatic hydroxyl groups excluding tert-OH is 1. The van der Waals surface area contributed by atoms with Gasteiger partial charge in [-0.15, -0.1) is 0 Å². The first-order valence-electron chi connectivity index (χ1n) is 4.77. The summed E-state index contributed by atoms with van der Waals surface area (Å²) in [4.78, 5) is 4.05. The van der Waals surface area contributed by atoms with Gasteiger partial charge in [-0.2, -0.15) is 5.10 Å². The predicted molar refractivity (Wildman–Crippen MR) is 66.8 cm³/mol. The van der Waals surface area contributed by atoms with E-state index in [1.165, 1.54) is 0 Å². The number of hydrogen-bond acceptors (Lipinski definition) is 4. The van der Waals surface area contributed by atoms with E-state index >= 15 is 0 Å². The van der Waals surface area contributed by atoms with Crippen molar-refractivity contribution in [2.24, 2.45) is 10.8 Å². The largest absolute Gasteiger partial charge is 0.386 e. The summed E-state index contributed by atoms with van der Waals surface area (Å²) in [6, 6.07) is 5.38. The molecule has 1 rings (SSSR count). The normalized spacial score (nSPS) is 13.2. The van der Waals surface area contributed by atoms with Crippen molar-refractivity contribution in [3.8, 4) is 0 Å². The topological polar surface area (TPSA) is 83.5 Å². The highest BCUT2D eigenvalue weighted by Gasteiger charge is 2.09. The fraction of sp³-hybridized carbons (Fsp3) is 0.300. The zero-order valence-electron chi connectivity index (χ0n) is 8.92. The highest BCUT2D eigenvalue weighted by Crippen LogP contribution is 2.13. The van der Waals surface area contributed by atoms with E-state index in [1.807, 2.05) is 6.07 Å². The van der Waals surface area contributed by atoms with Crippen molar-refractivity contribution < 1.29 is 5.11 Å². The van der Waals surface area contributed by atoms with Crippen LogP contribution >= 0.6 is 12.2 Å². The van der Waals surface area contributed by atoms with Crippen molar-refractivity contribution in [3.63, 3.8) is 0 Å². The molecule has 0 aromatic carbocycles. The van der Waals surface area contributed by atoms with Gasteiger partial charge in [0.1, 0.15) is 6.10 Å². The lowest BCUT2D eigenvalue weighted by molar-refractivity contribution is 0.181. The summed E-state index contributed by atoms with van der Waals surface area (Å²) in [5.74, 6) is 0. The van der Waals surface area contributed by atoms with Crippen LogP contribution in [0.2, 0.25) is 0 Å². The zero-order valence-corrected chi connectivity index (χ0v) is 9.74. The average molecular weight is 238 g/mol. The van der Waals surface area contributed by atoms with Crippen LogP contribution in [-0.4, -0.2) is 20.9 Å². The van der Waals surface area contributed by atoms with E-state index in [2.05, 4.69) is 27.7 Å². The fourth-order valence-electron chi connectivity index (χ4n) is 1.15. The third-order valence-corrected chi connectivity index (χ3v) is 1.97. The summed E-state index contributed by atoms with van der Waals surface area (Å²) >= 11 is 4.61. The number of hydrazone groups is 1. The first kappa shape index (κ1) is 12.5. The molecule has 1 aromatic heterocycles. The van der Waals surface area contributed by atoms with Crippen LogP contribution < -0.4 is 11.2 Å². The Bertz CT molecular complexity index is 380. The second-order valence-corrected chi connectivity index (χ2v) is 3.74. The molecule has 16 heavy (non-hydrogen) atoms. The van der Waals surface area contributed by atoms with Crippen LogP contribution in [0.5, 0.6) is 0 Å². The van der Waals surface area contributed by atoms with E-state index in [4.69, 9.17) is 5.73 Å². The average Bonchev–Trinajstić information content (AvgIpc) is 2.27. The molecule has 0 amide bonds. The Labute approximate surface area is 99.4 Å². The maximum absolute atomic E-state index is 9.82. The number of aliphatic hydroxyl groups is 1. The van der Waals surface area contributed by atoms with Gasteiger partial charge in [0.25, 0.3) is 0 Å². The first-order chi connectivity index (χ1) is 7.59. The number of rotatable bonds is 4.